The van der Waals surface area contributed by atoms with Crippen LogP contribution in [-0.4, -0.2) is 33.2 Å². The molecule has 4 rings (SSSR count). The van der Waals surface area contributed by atoms with Crippen molar-refractivity contribution in [2.24, 2.45) is 20.5 Å². The van der Waals surface area contributed by atoms with Crippen molar-refractivity contribution in [1.82, 2.24) is 0 Å². The molecule has 0 aliphatic heterocycles. The van der Waals surface area contributed by atoms with Crippen molar-refractivity contribution >= 4 is 62.3 Å². The molecule has 0 saturated carbocycles. The Hall–Kier alpha value is -2.91. The second kappa shape index (κ2) is 20.5. The van der Waals surface area contributed by atoms with E-state index < -0.39 is 21.0 Å². The van der Waals surface area contributed by atoms with Crippen molar-refractivity contribution < 1.29 is 101 Å². The van der Waals surface area contributed by atoms with Gasteiger partial charge in [-0.1, -0.05) is 19.6 Å². The van der Waals surface area contributed by atoms with Crippen LogP contribution >= 0.6 is 12.0 Å². The van der Waals surface area contributed by atoms with E-state index in [1.165, 1.54) is 38.5 Å². The summed E-state index contributed by atoms with van der Waals surface area (Å²) in [7, 11) is -1.79. The van der Waals surface area contributed by atoms with Gasteiger partial charge in [0.25, 0.3) is 0 Å². The van der Waals surface area contributed by atoms with Crippen LogP contribution in [0.2, 0.25) is 0 Å². The van der Waals surface area contributed by atoms with E-state index in [0.29, 0.717) is 39.1 Å². The number of nitrogens with one attached hydrogen (secondary N) is 2. The number of azo groups is 2. The van der Waals surface area contributed by atoms with Crippen LogP contribution in [0.25, 0.3) is 0 Å². The first-order valence-electron chi connectivity index (χ1n) is 12.3. The number of ether oxygens (including phenoxy) is 2. The molecule has 0 saturated heterocycles. The Bertz CT molecular complexity index is 1820. The van der Waals surface area contributed by atoms with Gasteiger partial charge in [-0.15, -0.1) is 0 Å². The van der Waals surface area contributed by atoms with Gasteiger partial charge in [0.15, 0.2) is 0 Å². The van der Waals surface area contributed by atoms with Gasteiger partial charge in [-0.25, -0.2) is 13.2 Å². The van der Waals surface area contributed by atoms with Crippen LogP contribution in [0.5, 0.6) is 11.5 Å². The molecule has 4 aromatic rings. The number of amides is 2. The van der Waals surface area contributed by atoms with E-state index in [0.717, 1.165) is 18.1 Å². The second-order valence-electron chi connectivity index (χ2n) is 8.42. The Morgan fingerprint density at radius 3 is 1.66 bits per heavy atom. The van der Waals surface area contributed by atoms with E-state index in [1.807, 2.05) is 0 Å². The Balaban J connectivity index is 0.00000368. The topological polar surface area (TPSA) is 208 Å². The summed E-state index contributed by atoms with van der Waals surface area (Å²) in [5.41, 5.74) is 2.11. The molecule has 0 aromatic heterocycles. The molecule has 0 heterocycles. The molecule has 2 amide bonds. The van der Waals surface area contributed by atoms with Gasteiger partial charge in [0.05, 0.1) is 65.3 Å². The van der Waals surface area contributed by atoms with E-state index in [-0.39, 0.29) is 78.0 Å². The van der Waals surface area contributed by atoms with Crippen LogP contribution in [0.1, 0.15) is 7.43 Å². The molecule has 0 radical (unpaired) electrons. The second-order valence-corrected chi connectivity index (χ2v) is 10.6. The average Bonchev–Trinajstić information content (AvgIpc) is 3.02. The number of rotatable bonds is 12. The molecule has 0 aliphatic rings. The van der Waals surface area contributed by atoms with E-state index in [1.54, 1.807) is 54.6 Å². The van der Waals surface area contributed by atoms with E-state index in [4.69, 9.17) is 9.47 Å². The van der Waals surface area contributed by atoms with Gasteiger partial charge in [-0.2, -0.15) is 24.8 Å². The molecule has 19 heteroatoms. The Morgan fingerprint density at radius 1 is 0.723 bits per heavy atom. The molecule has 0 atom stereocenters. The summed E-state index contributed by atoms with van der Waals surface area (Å²) < 4.78 is 48.8. The molecule has 15 nitrogen and oxygen atoms in total. The van der Waals surface area contributed by atoms with Crippen LogP contribution in [0, 0.1) is 0 Å². The molecular weight excluding hydrogens is 674 g/mol. The van der Waals surface area contributed by atoms with Gasteiger partial charge in [0.1, 0.15) is 21.6 Å². The zero-order valence-corrected chi connectivity index (χ0v) is 30.5. The molecular formula is C28H26N6Na2O9S2. The predicted octanol–water partition coefficient (Wildman–Crippen LogP) is 0.957. The van der Waals surface area contributed by atoms with Crippen LogP contribution in [0.15, 0.2) is 115 Å². The first-order chi connectivity index (χ1) is 21.2. The van der Waals surface area contributed by atoms with Gasteiger partial charge < -0.3 is 29.9 Å². The molecule has 0 fully saturated rings. The Labute approximate surface area is 319 Å². The smallest absolute Gasteiger partial charge is 0.744 e. The number of benzene rings is 4. The molecule has 0 bridgehead atoms. The van der Waals surface area contributed by atoms with Crippen molar-refractivity contribution in [2.75, 3.05) is 24.9 Å². The standard InChI is InChI=1S/C27H24N6O9S2.CH4.2Na/c1-39-25-15-19(32-30-17-5-3-7-21(13-17)43-42-41-35)9-11-23(25)28-27(34)29-24-12-10-20(16-26(24)40-2)33-31-18-6-4-8-22(14-18)44(36,37)38;;;/h3-16,35H,1-2H3,(H2,28,29,34)(H,36,37,38);1H4;;/q;;2*+1/p-2. The summed E-state index contributed by atoms with van der Waals surface area (Å²) in [5, 5.41) is 35.1. The van der Waals surface area contributed by atoms with Crippen molar-refractivity contribution in [3.63, 3.8) is 0 Å². The van der Waals surface area contributed by atoms with Gasteiger partial charge >= 0.3 is 65.1 Å². The summed E-state index contributed by atoms with van der Waals surface area (Å²) in [4.78, 5) is 13.0. The number of carbonyl (C=O) groups is 1. The summed E-state index contributed by atoms with van der Waals surface area (Å²) in [6.07, 6.45) is 0. The number of urea groups is 1. The zero-order chi connectivity index (χ0) is 31.5. The number of hydrogen-bond acceptors (Lipinski definition) is 14. The summed E-state index contributed by atoms with van der Waals surface area (Å²) in [6, 6.07) is 20.7. The van der Waals surface area contributed by atoms with Gasteiger partial charge in [-0.05, 0) is 60.7 Å². The van der Waals surface area contributed by atoms with Gasteiger partial charge in [-0.3, -0.25) is 5.04 Å². The van der Waals surface area contributed by atoms with Gasteiger partial charge in [0.2, 0.25) is 0 Å². The number of nitrogens with zero attached hydrogens (tertiary/aromatic N) is 4. The quantitative estimate of drug-likeness (QED) is 0.0534. The molecule has 47 heavy (non-hydrogen) atoms. The van der Waals surface area contributed by atoms with Crippen molar-refractivity contribution in [2.45, 2.75) is 17.2 Å². The number of methoxy groups -OCH3 is 2. The fourth-order valence-electron chi connectivity index (χ4n) is 3.55. The third-order valence-corrected chi connectivity index (χ3v) is 6.91. The molecule has 0 spiro atoms. The maximum absolute atomic E-state index is 12.8. The van der Waals surface area contributed by atoms with Crippen molar-refractivity contribution in [3.8, 4) is 11.5 Å². The Kier molecular flexibility index (Phi) is 18.3. The fraction of sp³-hybridized carbons (Fsp3) is 0.107. The third kappa shape index (κ3) is 12.9. The fourth-order valence-corrected chi connectivity index (χ4v) is 4.47. The minimum atomic E-state index is -4.63. The van der Waals surface area contributed by atoms with Gasteiger partial charge in [0, 0.05) is 17.0 Å². The number of carbonyl (C=O) groups excluding carboxylic acids is 1. The van der Waals surface area contributed by atoms with Crippen molar-refractivity contribution in [3.05, 3.63) is 84.9 Å². The monoisotopic (exact) mass is 700 g/mol. The Morgan fingerprint density at radius 2 is 1.19 bits per heavy atom. The minimum Gasteiger partial charge on any atom is -0.744 e. The summed E-state index contributed by atoms with van der Waals surface area (Å²) >= 11 is 0.731. The van der Waals surface area contributed by atoms with Crippen LogP contribution in [0.3, 0.4) is 0 Å². The summed E-state index contributed by atoms with van der Waals surface area (Å²) in [6.45, 7) is 0. The molecule has 236 valence electrons. The molecule has 2 N–H and O–H groups in total. The van der Waals surface area contributed by atoms with E-state index >= 15 is 0 Å². The predicted molar refractivity (Wildman–Crippen MR) is 163 cm³/mol. The molecule has 0 aliphatic carbocycles. The van der Waals surface area contributed by atoms with Crippen LogP contribution in [-0.2, 0) is 19.5 Å². The molecule has 0 unspecified atom stereocenters. The maximum Gasteiger partial charge on any atom is 1.00 e. The maximum atomic E-state index is 12.8. The van der Waals surface area contributed by atoms with E-state index in [9.17, 15) is 23.0 Å². The van der Waals surface area contributed by atoms with Crippen molar-refractivity contribution in [1.29, 1.82) is 0 Å². The number of anilines is 2. The zero-order valence-electron chi connectivity index (χ0n) is 24.9. The third-order valence-electron chi connectivity index (χ3n) is 5.51. The average molecular weight is 701 g/mol. The van der Waals surface area contributed by atoms with Crippen LogP contribution < -0.4 is 84.5 Å². The SMILES string of the molecule is C.COc1cc(N=Nc2cccc(SOO[O-])c2)ccc1NC(=O)Nc1ccc(N=Nc2cccc(S(=O)(=O)[O-])c2)cc1OC.[Na+].[Na+]. The van der Waals surface area contributed by atoms with E-state index in [2.05, 4.69) is 40.5 Å². The largest absolute Gasteiger partial charge is 1.00 e. The molecule has 4 aromatic carbocycles. The first-order valence-corrected chi connectivity index (χ1v) is 14.4. The first kappa shape index (κ1) is 42.1. The normalized spacial score (nSPS) is 10.8. The van der Waals surface area contributed by atoms with Crippen LogP contribution in [0.4, 0.5) is 38.9 Å². The number of hydrogen-bond donors (Lipinski definition) is 2. The summed E-state index contributed by atoms with van der Waals surface area (Å²) in [5.74, 6) is 0.586. The minimum absolute atomic E-state index is 0.